The predicted molar refractivity (Wildman–Crippen MR) is 77.7 cm³/mol. The maximum atomic E-state index is 12.3. The van der Waals surface area contributed by atoms with Gasteiger partial charge in [-0.2, -0.15) is 0 Å². The molecule has 2 N–H and O–H groups in total. The number of carbonyl (C=O) groups is 2. The Morgan fingerprint density at radius 3 is 2.43 bits per heavy atom. The van der Waals surface area contributed by atoms with Crippen LogP contribution in [0.3, 0.4) is 0 Å². The molecule has 0 spiro atoms. The van der Waals surface area contributed by atoms with Gasteiger partial charge in [0.25, 0.3) is 11.8 Å². The first-order chi connectivity index (χ1) is 10.0. The minimum absolute atomic E-state index is 0.377. The van der Waals surface area contributed by atoms with Crippen LogP contribution in [0.4, 0.5) is 5.69 Å². The molecular weight excluding hydrogens is 268 g/mol. The average Bonchev–Trinajstić information content (AvgIpc) is 2.71. The van der Waals surface area contributed by atoms with Crippen molar-refractivity contribution in [1.82, 2.24) is 5.32 Å². The van der Waals surface area contributed by atoms with Crippen molar-refractivity contribution in [2.75, 3.05) is 11.9 Å². The Balaban J connectivity index is 1.98. The number of fused-ring (bicyclic) bond motifs is 1. The van der Waals surface area contributed by atoms with Crippen molar-refractivity contribution in [2.45, 2.75) is 5.72 Å². The monoisotopic (exact) mass is 282 g/mol. The zero-order valence-electron chi connectivity index (χ0n) is 11.4. The maximum absolute atomic E-state index is 12.3. The Hall–Kier alpha value is -2.66. The van der Waals surface area contributed by atoms with Gasteiger partial charge in [0.15, 0.2) is 0 Å². The fourth-order valence-corrected chi connectivity index (χ4v) is 2.49. The summed E-state index contributed by atoms with van der Waals surface area (Å²) in [5.74, 6) is -1.08. The molecule has 2 amide bonds. The second-order valence-corrected chi connectivity index (χ2v) is 4.91. The van der Waals surface area contributed by atoms with E-state index in [-0.39, 0.29) is 0 Å². The number of hydrogen-bond donors (Lipinski definition) is 2. The van der Waals surface area contributed by atoms with Crippen molar-refractivity contribution in [2.24, 2.45) is 0 Å². The summed E-state index contributed by atoms with van der Waals surface area (Å²) < 4.78 is 0. The van der Waals surface area contributed by atoms with Gasteiger partial charge < -0.3 is 15.3 Å². The molecule has 1 atom stereocenters. The van der Waals surface area contributed by atoms with Gasteiger partial charge >= 0.3 is 0 Å². The van der Waals surface area contributed by atoms with Gasteiger partial charge in [-0.3, -0.25) is 9.59 Å². The second kappa shape index (κ2) is 4.71. The van der Waals surface area contributed by atoms with Gasteiger partial charge in [0.05, 0.1) is 5.69 Å². The number of likely N-dealkylation sites (N-methyl/N-ethyl adjacent to an activating group) is 1. The first-order valence-corrected chi connectivity index (χ1v) is 6.51. The second-order valence-electron chi connectivity index (χ2n) is 4.91. The van der Waals surface area contributed by atoms with Crippen LogP contribution in [0.2, 0.25) is 0 Å². The van der Waals surface area contributed by atoms with E-state index in [2.05, 4.69) is 5.32 Å². The van der Waals surface area contributed by atoms with Crippen molar-refractivity contribution in [3.05, 3.63) is 65.7 Å². The van der Waals surface area contributed by atoms with Crippen LogP contribution in [0.25, 0.3) is 0 Å². The topological polar surface area (TPSA) is 69.6 Å². The molecule has 0 aliphatic carbocycles. The van der Waals surface area contributed by atoms with Crippen LogP contribution in [0.5, 0.6) is 0 Å². The standard InChI is InChI=1S/C16H14N2O3/c1-18-13-10-6-5-9-12(13)16(21,15(18)20)17-14(19)11-7-3-2-4-8-11/h2-10,21H,1H3,(H,17,19). The molecule has 0 fully saturated rings. The number of para-hydroxylation sites is 1. The molecule has 5 nitrogen and oxygen atoms in total. The van der Waals surface area contributed by atoms with Crippen molar-refractivity contribution >= 4 is 17.5 Å². The quantitative estimate of drug-likeness (QED) is 0.814. The van der Waals surface area contributed by atoms with Gasteiger partial charge in [0.2, 0.25) is 5.72 Å². The molecule has 1 aliphatic rings. The minimum atomic E-state index is -2.03. The van der Waals surface area contributed by atoms with Crippen LogP contribution < -0.4 is 10.2 Å². The summed E-state index contributed by atoms with van der Waals surface area (Å²) in [4.78, 5) is 25.9. The van der Waals surface area contributed by atoms with E-state index in [0.717, 1.165) is 0 Å². The zero-order chi connectivity index (χ0) is 15.0. The summed E-state index contributed by atoms with van der Waals surface area (Å²) in [5.41, 5.74) is -0.691. The third kappa shape index (κ3) is 1.98. The summed E-state index contributed by atoms with van der Waals surface area (Å²) in [6, 6.07) is 15.3. The van der Waals surface area contributed by atoms with E-state index in [1.165, 1.54) is 4.90 Å². The SMILES string of the molecule is CN1C(=O)C(O)(NC(=O)c2ccccc2)c2ccccc21. The number of nitrogens with one attached hydrogen (secondary N) is 1. The number of carbonyl (C=O) groups excluding carboxylic acids is 2. The van der Waals surface area contributed by atoms with E-state index >= 15 is 0 Å². The highest BCUT2D eigenvalue weighted by Gasteiger charge is 2.49. The summed E-state index contributed by atoms with van der Waals surface area (Å²) in [6.07, 6.45) is 0. The summed E-state index contributed by atoms with van der Waals surface area (Å²) in [5, 5.41) is 13.1. The molecule has 1 heterocycles. The van der Waals surface area contributed by atoms with Gasteiger partial charge in [-0.1, -0.05) is 36.4 Å². The predicted octanol–water partition coefficient (Wildman–Crippen LogP) is 1.24. The van der Waals surface area contributed by atoms with Crippen LogP contribution in [0, 0.1) is 0 Å². The highest BCUT2D eigenvalue weighted by Crippen LogP contribution is 2.37. The number of amides is 2. The molecule has 2 aromatic carbocycles. The lowest BCUT2D eigenvalue weighted by atomic mass is 10.0. The van der Waals surface area contributed by atoms with Crippen LogP contribution >= 0.6 is 0 Å². The number of aliphatic hydroxyl groups is 1. The van der Waals surface area contributed by atoms with Gasteiger partial charge in [0, 0.05) is 18.2 Å². The molecule has 106 valence electrons. The molecule has 0 radical (unpaired) electrons. The zero-order valence-corrected chi connectivity index (χ0v) is 11.4. The Labute approximate surface area is 121 Å². The van der Waals surface area contributed by atoms with E-state index in [0.29, 0.717) is 16.8 Å². The Morgan fingerprint density at radius 1 is 1.10 bits per heavy atom. The molecular formula is C16H14N2O3. The number of nitrogens with zero attached hydrogens (tertiary/aromatic N) is 1. The maximum Gasteiger partial charge on any atom is 0.285 e. The Kier molecular flexibility index (Phi) is 2.99. The van der Waals surface area contributed by atoms with Gasteiger partial charge in [-0.15, -0.1) is 0 Å². The molecule has 3 rings (SSSR count). The van der Waals surface area contributed by atoms with E-state index in [1.54, 1.807) is 61.6 Å². The highest BCUT2D eigenvalue weighted by atomic mass is 16.3. The van der Waals surface area contributed by atoms with Crippen LogP contribution in [0.15, 0.2) is 54.6 Å². The molecule has 0 saturated carbocycles. The number of benzene rings is 2. The normalized spacial score (nSPS) is 20.3. The van der Waals surface area contributed by atoms with Crippen LogP contribution in [0.1, 0.15) is 15.9 Å². The van der Waals surface area contributed by atoms with Crippen molar-refractivity contribution in [3.8, 4) is 0 Å². The van der Waals surface area contributed by atoms with Gasteiger partial charge in [0.1, 0.15) is 0 Å². The lowest BCUT2D eigenvalue weighted by Crippen LogP contribution is -2.52. The van der Waals surface area contributed by atoms with Crippen molar-refractivity contribution < 1.29 is 14.7 Å². The largest absolute Gasteiger partial charge is 0.359 e. The fourth-order valence-electron chi connectivity index (χ4n) is 2.49. The summed E-state index contributed by atoms with van der Waals surface area (Å²) >= 11 is 0. The highest BCUT2D eigenvalue weighted by molar-refractivity contribution is 6.09. The van der Waals surface area contributed by atoms with E-state index in [1.807, 2.05) is 0 Å². The number of hydrogen-bond acceptors (Lipinski definition) is 3. The van der Waals surface area contributed by atoms with Gasteiger partial charge in [-0.05, 0) is 18.2 Å². The number of rotatable bonds is 2. The van der Waals surface area contributed by atoms with Crippen molar-refractivity contribution in [3.63, 3.8) is 0 Å². The lowest BCUT2D eigenvalue weighted by molar-refractivity contribution is -0.138. The van der Waals surface area contributed by atoms with Crippen LogP contribution in [-0.2, 0) is 10.5 Å². The van der Waals surface area contributed by atoms with E-state index < -0.39 is 17.5 Å². The smallest absolute Gasteiger partial charge is 0.285 e. The minimum Gasteiger partial charge on any atom is -0.359 e. The first kappa shape index (κ1) is 13.3. The molecule has 21 heavy (non-hydrogen) atoms. The molecule has 1 aliphatic heterocycles. The third-order valence-corrected chi connectivity index (χ3v) is 3.60. The third-order valence-electron chi connectivity index (χ3n) is 3.60. The summed E-state index contributed by atoms with van der Waals surface area (Å²) in [6.45, 7) is 0. The molecule has 2 aromatic rings. The Bertz CT molecular complexity index is 714. The van der Waals surface area contributed by atoms with Gasteiger partial charge in [-0.25, -0.2) is 0 Å². The van der Waals surface area contributed by atoms with Crippen LogP contribution in [-0.4, -0.2) is 24.0 Å². The average molecular weight is 282 g/mol. The molecule has 0 aromatic heterocycles. The molecule has 1 unspecified atom stereocenters. The van der Waals surface area contributed by atoms with Crippen molar-refractivity contribution in [1.29, 1.82) is 0 Å². The molecule has 0 bridgehead atoms. The molecule has 5 heteroatoms. The van der Waals surface area contributed by atoms with E-state index in [4.69, 9.17) is 0 Å². The number of anilines is 1. The molecule has 0 saturated heterocycles. The first-order valence-electron chi connectivity index (χ1n) is 6.51. The summed E-state index contributed by atoms with van der Waals surface area (Å²) in [7, 11) is 1.56. The lowest BCUT2D eigenvalue weighted by Gasteiger charge is -2.23. The van der Waals surface area contributed by atoms with E-state index in [9.17, 15) is 14.7 Å². The Morgan fingerprint density at radius 2 is 1.71 bits per heavy atom. The fraction of sp³-hybridized carbons (Fsp3) is 0.125.